The van der Waals surface area contributed by atoms with Gasteiger partial charge in [0.1, 0.15) is 5.75 Å². The molecule has 2 aromatic rings. The number of likely N-dealkylation sites (N-methyl/N-ethyl adjacent to an activating group) is 1. The molecule has 2 aliphatic heterocycles. The number of nitrogens with zero attached hydrogens (tertiary/aromatic N) is 3. The van der Waals surface area contributed by atoms with E-state index in [1.807, 2.05) is 37.3 Å². The molecule has 0 radical (unpaired) electrons. The molecule has 2 saturated heterocycles. The van der Waals surface area contributed by atoms with E-state index in [1.165, 1.54) is 0 Å². The maximum absolute atomic E-state index is 13.2. The average molecular weight is 457 g/mol. The van der Waals surface area contributed by atoms with Crippen LogP contribution in [0.25, 0.3) is 0 Å². The van der Waals surface area contributed by atoms with Gasteiger partial charge in [-0.1, -0.05) is 17.7 Å². The quantitative estimate of drug-likeness (QED) is 0.747. The lowest BCUT2D eigenvalue weighted by Crippen LogP contribution is -2.44. The van der Waals surface area contributed by atoms with Crippen LogP contribution in [0.15, 0.2) is 36.4 Å². The number of ether oxygens (including phenoxy) is 1. The molecule has 1 N–H and O–H groups in total. The van der Waals surface area contributed by atoms with E-state index in [-0.39, 0.29) is 18.2 Å². The van der Waals surface area contributed by atoms with Gasteiger partial charge in [-0.15, -0.1) is 0 Å². The molecule has 0 aromatic heterocycles. The Kier molecular flexibility index (Phi) is 6.58. The van der Waals surface area contributed by atoms with E-state index >= 15 is 0 Å². The number of amides is 2. The van der Waals surface area contributed by atoms with Crippen LogP contribution in [-0.4, -0.2) is 63.6 Å². The molecule has 0 unspecified atom stereocenters. The topological polar surface area (TPSA) is 65.1 Å². The van der Waals surface area contributed by atoms with Gasteiger partial charge in [-0.2, -0.15) is 0 Å². The summed E-state index contributed by atoms with van der Waals surface area (Å²) in [6.45, 7) is 5.95. The van der Waals surface area contributed by atoms with Crippen molar-refractivity contribution in [3.05, 3.63) is 47.0 Å². The van der Waals surface area contributed by atoms with Gasteiger partial charge in [-0.3, -0.25) is 9.59 Å². The molecule has 0 bridgehead atoms. The van der Waals surface area contributed by atoms with Gasteiger partial charge < -0.3 is 24.8 Å². The number of hydrogen-bond donors (Lipinski definition) is 1. The molecule has 7 nitrogen and oxygen atoms in total. The van der Waals surface area contributed by atoms with Gasteiger partial charge in [0.2, 0.25) is 11.8 Å². The SMILES string of the molecule is COc1ccc(C)cc1N1C[C@H](C(=O)Nc2cc(Cl)ccc2N2CCN(C)CC2)CC1=O. The van der Waals surface area contributed by atoms with E-state index in [1.54, 1.807) is 18.1 Å². The normalized spacial score (nSPS) is 19.4. The molecule has 0 aliphatic carbocycles. The van der Waals surface area contributed by atoms with Crippen molar-refractivity contribution in [2.24, 2.45) is 5.92 Å². The van der Waals surface area contributed by atoms with E-state index in [4.69, 9.17) is 16.3 Å². The molecule has 1 atom stereocenters. The fourth-order valence-electron chi connectivity index (χ4n) is 4.29. The number of piperazine rings is 1. The molecule has 8 heteroatoms. The largest absolute Gasteiger partial charge is 0.495 e. The first-order valence-corrected chi connectivity index (χ1v) is 11.2. The lowest BCUT2D eigenvalue weighted by molar-refractivity contribution is -0.122. The Balaban J connectivity index is 1.51. The number of hydrogen-bond acceptors (Lipinski definition) is 5. The molecule has 2 fully saturated rings. The van der Waals surface area contributed by atoms with Crippen LogP contribution >= 0.6 is 11.6 Å². The fourth-order valence-corrected chi connectivity index (χ4v) is 4.47. The van der Waals surface area contributed by atoms with Gasteiger partial charge >= 0.3 is 0 Å². The van der Waals surface area contributed by atoms with Crippen LogP contribution in [0.3, 0.4) is 0 Å². The average Bonchev–Trinajstić information content (AvgIpc) is 3.16. The minimum atomic E-state index is -0.452. The molecule has 2 heterocycles. The highest BCUT2D eigenvalue weighted by Gasteiger charge is 2.36. The minimum absolute atomic E-state index is 0.0839. The van der Waals surface area contributed by atoms with E-state index in [0.29, 0.717) is 28.7 Å². The van der Waals surface area contributed by atoms with Gasteiger partial charge in [-0.05, 0) is 49.9 Å². The first-order chi connectivity index (χ1) is 15.4. The van der Waals surface area contributed by atoms with E-state index in [9.17, 15) is 9.59 Å². The maximum Gasteiger partial charge on any atom is 0.229 e. The first kappa shape index (κ1) is 22.4. The first-order valence-electron chi connectivity index (χ1n) is 10.8. The number of nitrogens with one attached hydrogen (secondary N) is 1. The van der Waals surface area contributed by atoms with Crippen molar-refractivity contribution in [1.82, 2.24) is 4.90 Å². The number of rotatable bonds is 5. The number of anilines is 3. The zero-order valence-electron chi connectivity index (χ0n) is 18.7. The highest BCUT2D eigenvalue weighted by atomic mass is 35.5. The lowest BCUT2D eigenvalue weighted by atomic mass is 10.1. The Morgan fingerprint density at radius 2 is 1.84 bits per heavy atom. The van der Waals surface area contributed by atoms with E-state index in [0.717, 1.165) is 37.4 Å². The van der Waals surface area contributed by atoms with Gasteiger partial charge in [0.05, 0.1) is 30.1 Å². The van der Waals surface area contributed by atoms with Gasteiger partial charge in [0.15, 0.2) is 0 Å². The summed E-state index contributed by atoms with van der Waals surface area (Å²) in [6, 6.07) is 11.3. The third-order valence-electron chi connectivity index (χ3n) is 6.18. The maximum atomic E-state index is 13.2. The Morgan fingerprint density at radius 3 is 2.56 bits per heavy atom. The molecule has 4 rings (SSSR count). The van der Waals surface area contributed by atoms with Crippen molar-refractivity contribution < 1.29 is 14.3 Å². The van der Waals surface area contributed by atoms with Crippen molar-refractivity contribution in [3.8, 4) is 5.75 Å². The number of carbonyl (C=O) groups is 2. The summed E-state index contributed by atoms with van der Waals surface area (Å²) in [7, 11) is 3.69. The Labute approximate surface area is 193 Å². The summed E-state index contributed by atoms with van der Waals surface area (Å²) < 4.78 is 5.44. The summed E-state index contributed by atoms with van der Waals surface area (Å²) >= 11 is 6.24. The van der Waals surface area contributed by atoms with Crippen LogP contribution in [0.5, 0.6) is 5.75 Å². The third-order valence-corrected chi connectivity index (χ3v) is 6.42. The second-order valence-corrected chi connectivity index (χ2v) is 8.96. The smallest absolute Gasteiger partial charge is 0.229 e. The number of carbonyl (C=O) groups excluding carboxylic acids is 2. The lowest BCUT2D eigenvalue weighted by Gasteiger charge is -2.35. The van der Waals surface area contributed by atoms with Crippen LogP contribution in [-0.2, 0) is 9.59 Å². The summed E-state index contributed by atoms with van der Waals surface area (Å²) in [5, 5.41) is 3.61. The zero-order valence-corrected chi connectivity index (χ0v) is 19.5. The van der Waals surface area contributed by atoms with Crippen molar-refractivity contribution >= 4 is 40.5 Å². The number of halogens is 1. The molecular formula is C24H29ClN4O3. The van der Waals surface area contributed by atoms with Gasteiger partial charge in [-0.25, -0.2) is 0 Å². The van der Waals surface area contributed by atoms with Crippen molar-refractivity contribution in [1.29, 1.82) is 0 Å². The molecule has 32 heavy (non-hydrogen) atoms. The molecule has 0 spiro atoms. The molecule has 2 aromatic carbocycles. The molecule has 170 valence electrons. The van der Waals surface area contributed by atoms with Crippen molar-refractivity contribution in [2.45, 2.75) is 13.3 Å². The van der Waals surface area contributed by atoms with E-state index in [2.05, 4.69) is 22.2 Å². The molecule has 2 amide bonds. The third kappa shape index (κ3) is 4.69. The van der Waals surface area contributed by atoms with Crippen molar-refractivity contribution in [2.75, 3.05) is 62.0 Å². The summed E-state index contributed by atoms with van der Waals surface area (Å²) in [5.74, 6) is -0.0891. The van der Waals surface area contributed by atoms with Crippen LogP contribution in [0, 0.1) is 12.8 Å². The molecule has 2 aliphatic rings. The molecular weight excluding hydrogens is 428 g/mol. The second-order valence-electron chi connectivity index (χ2n) is 8.52. The van der Waals surface area contributed by atoms with Crippen LogP contribution in [0.2, 0.25) is 5.02 Å². The predicted molar refractivity (Wildman–Crippen MR) is 128 cm³/mol. The minimum Gasteiger partial charge on any atom is -0.495 e. The van der Waals surface area contributed by atoms with Crippen LogP contribution in [0.1, 0.15) is 12.0 Å². The Morgan fingerprint density at radius 1 is 1.09 bits per heavy atom. The monoisotopic (exact) mass is 456 g/mol. The Bertz CT molecular complexity index is 1020. The highest BCUT2D eigenvalue weighted by molar-refractivity contribution is 6.31. The second kappa shape index (κ2) is 9.38. The van der Waals surface area contributed by atoms with Gasteiger partial charge in [0, 0.05) is 44.2 Å². The number of benzene rings is 2. The summed E-state index contributed by atoms with van der Waals surface area (Å²) in [4.78, 5) is 32.1. The standard InChI is InChI=1S/C24H29ClN4O3/c1-16-4-7-22(32-3)21(12-16)29-15-17(13-23(29)30)24(31)26-19-14-18(25)5-6-20(19)28-10-8-27(2)9-11-28/h4-7,12,14,17H,8-11,13,15H2,1-3H3,(H,26,31)/t17-/m1/s1. The van der Waals surface area contributed by atoms with Crippen molar-refractivity contribution in [3.63, 3.8) is 0 Å². The number of methoxy groups -OCH3 is 1. The Hall–Kier alpha value is -2.77. The summed E-state index contributed by atoms with van der Waals surface area (Å²) in [5.41, 5.74) is 3.37. The predicted octanol–water partition coefficient (Wildman–Crippen LogP) is 3.40. The highest BCUT2D eigenvalue weighted by Crippen LogP contribution is 2.35. The van der Waals surface area contributed by atoms with Crippen LogP contribution in [0.4, 0.5) is 17.1 Å². The van der Waals surface area contributed by atoms with Crippen LogP contribution < -0.4 is 19.9 Å². The fraction of sp³-hybridized carbons (Fsp3) is 0.417. The zero-order chi connectivity index (χ0) is 22.8. The summed E-state index contributed by atoms with van der Waals surface area (Å²) in [6.07, 6.45) is 0.160. The van der Waals surface area contributed by atoms with Gasteiger partial charge in [0.25, 0.3) is 0 Å². The van der Waals surface area contributed by atoms with E-state index < -0.39 is 5.92 Å². The molecule has 0 saturated carbocycles. The number of aryl methyl sites for hydroxylation is 1.